The molecule has 8 nitrogen and oxygen atoms in total. The number of nitrogens with two attached hydrogens (primary N) is 1. The summed E-state index contributed by atoms with van der Waals surface area (Å²) in [6.07, 6.45) is -0.249. The normalized spacial score (nSPS) is 11.3. The molecule has 0 aliphatic heterocycles. The van der Waals surface area contributed by atoms with Crippen LogP contribution in [0.3, 0.4) is 0 Å². The molecule has 0 bridgehead atoms. The van der Waals surface area contributed by atoms with E-state index in [1.807, 2.05) is 13.8 Å². The summed E-state index contributed by atoms with van der Waals surface area (Å²) in [5.74, 6) is -0.240. The summed E-state index contributed by atoms with van der Waals surface area (Å²) in [6.45, 7) is 7.52. The second-order valence-electron chi connectivity index (χ2n) is 4.77. The average molecular weight is 296 g/mol. The maximum Gasteiger partial charge on any atom is 0.363 e. The van der Waals surface area contributed by atoms with Crippen LogP contribution in [0.25, 0.3) is 5.13 Å². The Bertz CT molecular complexity index is 618. The van der Waals surface area contributed by atoms with Crippen molar-refractivity contribution < 1.29 is 9.53 Å². The highest BCUT2D eigenvalue weighted by atomic mass is 32.1. The number of nitrogen functional groups attached to an aromatic ring is 1. The summed E-state index contributed by atoms with van der Waals surface area (Å²) in [6, 6.07) is 0. The Morgan fingerprint density at radius 1 is 1.25 bits per heavy atom. The molecule has 0 atom stereocenters. The Hall–Kier alpha value is -2.03. The lowest BCUT2D eigenvalue weighted by Crippen LogP contribution is -2.14. The van der Waals surface area contributed by atoms with E-state index in [9.17, 15) is 4.79 Å². The quantitative estimate of drug-likeness (QED) is 0.849. The van der Waals surface area contributed by atoms with Crippen molar-refractivity contribution in [3.63, 3.8) is 0 Å². The number of rotatable bonds is 4. The van der Waals surface area contributed by atoms with Crippen LogP contribution in [-0.2, 0) is 4.74 Å². The van der Waals surface area contributed by atoms with Gasteiger partial charge in [-0.15, -0.1) is 15.3 Å². The molecule has 20 heavy (non-hydrogen) atoms. The molecule has 0 saturated heterocycles. The predicted molar refractivity (Wildman–Crippen MR) is 73.9 cm³/mol. The zero-order valence-corrected chi connectivity index (χ0v) is 12.5. The molecule has 108 valence electrons. The number of ether oxygens (including phenoxy) is 1. The molecule has 0 radical (unpaired) electrons. The fraction of sp³-hybridized carbons (Fsp3) is 0.545. The monoisotopic (exact) mass is 296 g/mol. The number of carbonyl (C=O) groups is 1. The van der Waals surface area contributed by atoms with Crippen LogP contribution >= 0.6 is 11.3 Å². The van der Waals surface area contributed by atoms with E-state index < -0.39 is 5.97 Å². The van der Waals surface area contributed by atoms with E-state index >= 15 is 0 Å². The topological polar surface area (TPSA) is 109 Å². The van der Waals surface area contributed by atoms with Crippen LogP contribution < -0.4 is 5.73 Å². The Kier molecular flexibility index (Phi) is 3.98. The second-order valence-corrected chi connectivity index (χ2v) is 5.75. The predicted octanol–water partition coefficient (Wildman–Crippen LogP) is 1.39. The number of hydrogen-bond donors (Lipinski definition) is 1. The molecule has 0 amide bonds. The number of nitrogens with zero attached hydrogens (tertiary/aromatic N) is 5. The highest BCUT2D eigenvalue weighted by molar-refractivity contribution is 7.13. The van der Waals surface area contributed by atoms with Crippen LogP contribution in [0.15, 0.2) is 0 Å². The van der Waals surface area contributed by atoms with Crippen molar-refractivity contribution >= 4 is 23.1 Å². The number of anilines is 1. The van der Waals surface area contributed by atoms with Gasteiger partial charge in [-0.05, 0) is 13.8 Å². The highest BCUT2D eigenvalue weighted by Gasteiger charge is 2.22. The zero-order chi connectivity index (χ0) is 14.9. The van der Waals surface area contributed by atoms with Gasteiger partial charge in [0.2, 0.25) is 10.8 Å². The summed E-state index contributed by atoms with van der Waals surface area (Å²) in [5.41, 5.74) is 5.86. The molecule has 9 heteroatoms. The minimum Gasteiger partial charge on any atom is -0.458 e. The molecule has 0 fully saturated rings. The summed E-state index contributed by atoms with van der Waals surface area (Å²) in [5, 5.41) is 17.0. The van der Waals surface area contributed by atoms with Gasteiger partial charge in [-0.25, -0.2) is 4.79 Å². The SMILES string of the molecule is CC(C)OC(=O)c1nnn(-c2nnc(C(C)C)s2)c1N. The van der Waals surface area contributed by atoms with Crippen molar-refractivity contribution in [2.75, 3.05) is 5.73 Å². The Balaban J connectivity index is 2.30. The third-order valence-corrected chi connectivity index (χ3v) is 3.55. The van der Waals surface area contributed by atoms with E-state index in [0.717, 1.165) is 5.01 Å². The van der Waals surface area contributed by atoms with Gasteiger partial charge in [-0.1, -0.05) is 30.4 Å². The average Bonchev–Trinajstić information content (AvgIpc) is 2.93. The van der Waals surface area contributed by atoms with Crippen molar-refractivity contribution in [2.24, 2.45) is 0 Å². The first-order valence-corrected chi connectivity index (χ1v) is 6.97. The largest absolute Gasteiger partial charge is 0.458 e. The van der Waals surface area contributed by atoms with Gasteiger partial charge in [0.1, 0.15) is 5.01 Å². The minimum atomic E-state index is -0.600. The van der Waals surface area contributed by atoms with Crippen LogP contribution in [0.5, 0.6) is 0 Å². The van der Waals surface area contributed by atoms with Crippen LogP contribution in [-0.4, -0.2) is 37.3 Å². The highest BCUT2D eigenvalue weighted by Crippen LogP contribution is 2.23. The molecule has 0 spiro atoms. The van der Waals surface area contributed by atoms with Gasteiger partial charge in [-0.3, -0.25) is 0 Å². The lowest BCUT2D eigenvalue weighted by Gasteiger charge is -2.05. The third-order valence-electron chi connectivity index (χ3n) is 2.35. The van der Waals surface area contributed by atoms with Crippen molar-refractivity contribution in [1.82, 2.24) is 25.2 Å². The maximum atomic E-state index is 11.8. The van der Waals surface area contributed by atoms with Crippen LogP contribution in [0, 0.1) is 0 Å². The molecular formula is C11H16N6O2S. The fourth-order valence-electron chi connectivity index (χ4n) is 1.39. The standard InChI is InChI=1S/C11H16N6O2S/c1-5(2)9-14-15-11(20-9)17-8(12)7(13-16-17)10(18)19-6(3)4/h5-6H,12H2,1-4H3. The number of esters is 1. The first kappa shape index (κ1) is 14.4. The minimum absolute atomic E-state index is 0.0139. The van der Waals surface area contributed by atoms with E-state index in [1.54, 1.807) is 13.8 Å². The molecule has 2 rings (SSSR count). The van der Waals surface area contributed by atoms with E-state index in [4.69, 9.17) is 10.5 Å². The molecule has 2 N–H and O–H groups in total. The van der Waals surface area contributed by atoms with Crippen molar-refractivity contribution in [1.29, 1.82) is 0 Å². The molecule has 0 aliphatic rings. The van der Waals surface area contributed by atoms with Crippen LogP contribution in [0.4, 0.5) is 5.82 Å². The number of aromatic nitrogens is 5. The Labute approximate surface area is 120 Å². The number of carbonyl (C=O) groups excluding carboxylic acids is 1. The molecule has 0 aromatic carbocycles. The zero-order valence-electron chi connectivity index (χ0n) is 11.7. The van der Waals surface area contributed by atoms with Gasteiger partial charge >= 0.3 is 5.97 Å². The smallest absolute Gasteiger partial charge is 0.363 e. The van der Waals surface area contributed by atoms with Gasteiger partial charge in [0.05, 0.1) is 6.10 Å². The molecule has 0 aliphatic carbocycles. The molecule has 0 saturated carbocycles. The van der Waals surface area contributed by atoms with E-state index in [-0.39, 0.29) is 23.5 Å². The van der Waals surface area contributed by atoms with Crippen molar-refractivity contribution in [2.45, 2.75) is 39.7 Å². The molecular weight excluding hydrogens is 280 g/mol. The maximum absolute atomic E-state index is 11.8. The lowest BCUT2D eigenvalue weighted by molar-refractivity contribution is 0.0372. The molecule has 2 aromatic rings. The fourth-order valence-corrected chi connectivity index (χ4v) is 2.20. The van der Waals surface area contributed by atoms with Crippen molar-refractivity contribution in [3.05, 3.63) is 10.7 Å². The molecule has 2 aromatic heterocycles. The Morgan fingerprint density at radius 3 is 2.50 bits per heavy atom. The first-order valence-electron chi connectivity index (χ1n) is 6.16. The summed E-state index contributed by atoms with van der Waals surface area (Å²) in [7, 11) is 0. The van der Waals surface area contributed by atoms with Crippen LogP contribution in [0.1, 0.15) is 49.1 Å². The first-order chi connectivity index (χ1) is 9.40. The summed E-state index contributed by atoms with van der Waals surface area (Å²) in [4.78, 5) is 11.8. The van der Waals surface area contributed by atoms with Gasteiger partial charge in [0.25, 0.3) is 0 Å². The third kappa shape index (κ3) is 2.77. The van der Waals surface area contributed by atoms with Gasteiger partial charge in [0, 0.05) is 5.92 Å². The molecule has 0 unspecified atom stereocenters. The van der Waals surface area contributed by atoms with Crippen molar-refractivity contribution in [3.8, 4) is 5.13 Å². The number of hydrogen-bond acceptors (Lipinski definition) is 8. The van der Waals surface area contributed by atoms with E-state index in [1.165, 1.54) is 16.0 Å². The van der Waals surface area contributed by atoms with Crippen LogP contribution in [0.2, 0.25) is 0 Å². The van der Waals surface area contributed by atoms with Gasteiger partial charge < -0.3 is 10.5 Å². The van der Waals surface area contributed by atoms with Gasteiger partial charge in [0.15, 0.2) is 5.82 Å². The van der Waals surface area contributed by atoms with Gasteiger partial charge in [-0.2, -0.15) is 4.68 Å². The molecule has 2 heterocycles. The Morgan fingerprint density at radius 2 is 1.95 bits per heavy atom. The second kappa shape index (κ2) is 5.53. The van der Waals surface area contributed by atoms with E-state index in [2.05, 4.69) is 20.5 Å². The summed E-state index contributed by atoms with van der Waals surface area (Å²) >= 11 is 1.35. The van der Waals surface area contributed by atoms with E-state index in [0.29, 0.717) is 5.13 Å². The lowest BCUT2D eigenvalue weighted by atomic mass is 10.2. The summed E-state index contributed by atoms with van der Waals surface area (Å²) < 4.78 is 6.33.